The van der Waals surface area contributed by atoms with Crippen LogP contribution in [0.2, 0.25) is 0 Å². The third kappa shape index (κ3) is 5.48. The molecule has 0 saturated carbocycles. The van der Waals surface area contributed by atoms with E-state index in [-0.39, 0.29) is 0 Å². The first-order chi connectivity index (χ1) is 17.0. The Hall–Kier alpha value is -3.80. The smallest absolute Gasteiger partial charge is 0.128 e. The standard InChI is InChI=1S/C29H34N6/c1-21-16-26(34(2)19-22-4-8-24(9-5-22)28-30-12-13-31-28)18-27(17-21)35(3)20-23-6-10-25(11-7-23)29-32-14-15-33-29/h4-11,16-18H,12-15,19-20H2,1-3H3,(H,30,31)(H,32,33). The minimum absolute atomic E-state index is 0.853. The van der Waals surface area contributed by atoms with Gasteiger partial charge in [-0.2, -0.15) is 0 Å². The molecule has 35 heavy (non-hydrogen) atoms. The Morgan fingerprint density at radius 3 is 1.46 bits per heavy atom. The summed E-state index contributed by atoms with van der Waals surface area (Å²) in [7, 11) is 4.32. The first-order valence-electron chi connectivity index (χ1n) is 12.3. The summed E-state index contributed by atoms with van der Waals surface area (Å²) in [5, 5.41) is 6.68. The van der Waals surface area contributed by atoms with Crippen molar-refractivity contribution in [3.8, 4) is 0 Å². The maximum atomic E-state index is 4.51. The van der Waals surface area contributed by atoms with Gasteiger partial charge < -0.3 is 20.4 Å². The number of anilines is 2. The highest BCUT2D eigenvalue weighted by molar-refractivity contribution is 6.00. The SMILES string of the molecule is Cc1cc(N(C)Cc2ccc(C3=NCCN3)cc2)cc(N(C)Cc2ccc(C3=NCCN3)cc2)c1. The van der Waals surface area contributed by atoms with Gasteiger partial charge in [-0.25, -0.2) is 0 Å². The normalized spacial score (nSPS) is 14.7. The number of aryl methyl sites for hydroxylation is 1. The van der Waals surface area contributed by atoms with E-state index in [0.717, 1.165) is 62.1 Å². The number of hydrogen-bond donors (Lipinski definition) is 2. The molecule has 0 fully saturated rings. The number of nitrogens with one attached hydrogen (secondary N) is 2. The van der Waals surface area contributed by atoms with Crippen molar-refractivity contribution in [1.82, 2.24) is 10.6 Å². The molecule has 0 bridgehead atoms. The summed E-state index contributed by atoms with van der Waals surface area (Å²) in [4.78, 5) is 13.7. The van der Waals surface area contributed by atoms with Gasteiger partial charge >= 0.3 is 0 Å². The van der Waals surface area contributed by atoms with Crippen molar-refractivity contribution >= 4 is 23.0 Å². The lowest BCUT2D eigenvalue weighted by Gasteiger charge is -2.25. The minimum Gasteiger partial charge on any atom is -0.370 e. The fourth-order valence-corrected chi connectivity index (χ4v) is 4.63. The van der Waals surface area contributed by atoms with E-state index in [1.165, 1.54) is 28.1 Å². The second-order valence-corrected chi connectivity index (χ2v) is 9.45. The monoisotopic (exact) mass is 466 g/mol. The van der Waals surface area contributed by atoms with Crippen LogP contribution in [0.1, 0.15) is 27.8 Å². The van der Waals surface area contributed by atoms with Gasteiger partial charge in [0.1, 0.15) is 11.7 Å². The molecule has 3 aromatic rings. The van der Waals surface area contributed by atoms with Gasteiger partial charge in [0.15, 0.2) is 0 Å². The number of hydrogen-bond acceptors (Lipinski definition) is 6. The molecule has 6 nitrogen and oxygen atoms in total. The molecule has 0 aromatic heterocycles. The highest BCUT2D eigenvalue weighted by Crippen LogP contribution is 2.26. The molecule has 180 valence electrons. The van der Waals surface area contributed by atoms with Crippen LogP contribution in [0.3, 0.4) is 0 Å². The molecule has 6 heteroatoms. The number of amidine groups is 2. The summed E-state index contributed by atoms with van der Waals surface area (Å²) in [6, 6.07) is 24.3. The van der Waals surface area contributed by atoms with Crippen LogP contribution in [0.15, 0.2) is 76.7 Å². The zero-order valence-corrected chi connectivity index (χ0v) is 20.9. The van der Waals surface area contributed by atoms with E-state index >= 15 is 0 Å². The average Bonchev–Trinajstić information content (AvgIpc) is 3.60. The van der Waals surface area contributed by atoms with E-state index in [4.69, 9.17) is 0 Å². The first kappa shape index (κ1) is 23.0. The summed E-state index contributed by atoms with van der Waals surface area (Å²) in [5.41, 5.74) is 8.59. The fourth-order valence-electron chi connectivity index (χ4n) is 4.63. The third-order valence-corrected chi connectivity index (χ3v) is 6.57. The number of aliphatic imine (C=N–C) groups is 2. The van der Waals surface area contributed by atoms with Gasteiger partial charge in [-0.3, -0.25) is 9.98 Å². The summed E-state index contributed by atoms with van der Waals surface area (Å²) in [6.07, 6.45) is 0. The lowest BCUT2D eigenvalue weighted by Crippen LogP contribution is -2.21. The Bertz CT molecular complexity index is 1130. The van der Waals surface area contributed by atoms with Crippen molar-refractivity contribution in [3.63, 3.8) is 0 Å². The van der Waals surface area contributed by atoms with E-state index in [9.17, 15) is 0 Å². The van der Waals surface area contributed by atoms with Crippen molar-refractivity contribution in [2.24, 2.45) is 9.98 Å². The van der Waals surface area contributed by atoms with Gasteiger partial charge in [0, 0.05) is 62.8 Å². The Balaban J connectivity index is 1.25. The van der Waals surface area contributed by atoms with Crippen LogP contribution in [0, 0.1) is 6.92 Å². The quantitative estimate of drug-likeness (QED) is 0.528. The predicted octanol–water partition coefficient (Wildman–Crippen LogP) is 3.97. The predicted molar refractivity (Wildman–Crippen MR) is 147 cm³/mol. The van der Waals surface area contributed by atoms with E-state index in [1.54, 1.807) is 0 Å². The molecule has 0 unspecified atom stereocenters. The maximum Gasteiger partial charge on any atom is 0.128 e. The number of nitrogens with zero attached hydrogens (tertiary/aromatic N) is 4. The van der Waals surface area contributed by atoms with Crippen LogP contribution in [-0.4, -0.2) is 51.9 Å². The van der Waals surface area contributed by atoms with Gasteiger partial charge in [-0.1, -0.05) is 48.5 Å². The molecule has 5 rings (SSSR count). The van der Waals surface area contributed by atoms with Crippen LogP contribution in [0.25, 0.3) is 0 Å². The number of benzene rings is 3. The molecule has 2 heterocycles. The van der Waals surface area contributed by atoms with Crippen LogP contribution in [0.5, 0.6) is 0 Å². The molecule has 0 amide bonds. The van der Waals surface area contributed by atoms with Crippen molar-refractivity contribution in [2.75, 3.05) is 50.1 Å². The van der Waals surface area contributed by atoms with Crippen LogP contribution < -0.4 is 20.4 Å². The Morgan fingerprint density at radius 1 is 0.657 bits per heavy atom. The van der Waals surface area contributed by atoms with E-state index in [1.807, 2.05) is 0 Å². The van der Waals surface area contributed by atoms with E-state index in [2.05, 4.69) is 118 Å². The fraction of sp³-hybridized carbons (Fsp3) is 0.310. The lowest BCUT2D eigenvalue weighted by molar-refractivity contribution is 0.904. The second kappa shape index (κ2) is 10.2. The Kier molecular flexibility index (Phi) is 6.70. The highest BCUT2D eigenvalue weighted by atomic mass is 15.1. The van der Waals surface area contributed by atoms with Gasteiger partial charge in [0.05, 0.1) is 13.1 Å². The maximum absolute atomic E-state index is 4.51. The molecule has 0 spiro atoms. The van der Waals surface area contributed by atoms with Crippen LogP contribution in [-0.2, 0) is 13.1 Å². The molecule has 3 aromatic carbocycles. The van der Waals surface area contributed by atoms with Crippen LogP contribution in [0.4, 0.5) is 11.4 Å². The van der Waals surface area contributed by atoms with Gasteiger partial charge in [-0.05, 0) is 41.8 Å². The Morgan fingerprint density at radius 2 is 1.09 bits per heavy atom. The van der Waals surface area contributed by atoms with Crippen molar-refractivity contribution in [1.29, 1.82) is 0 Å². The molecule has 0 saturated heterocycles. The average molecular weight is 467 g/mol. The minimum atomic E-state index is 0.853. The first-order valence-corrected chi connectivity index (χ1v) is 12.3. The summed E-state index contributed by atoms with van der Waals surface area (Å²) in [6.45, 7) is 7.47. The van der Waals surface area contributed by atoms with Crippen molar-refractivity contribution < 1.29 is 0 Å². The van der Waals surface area contributed by atoms with Gasteiger partial charge in [-0.15, -0.1) is 0 Å². The largest absolute Gasteiger partial charge is 0.370 e. The molecular formula is C29H34N6. The second-order valence-electron chi connectivity index (χ2n) is 9.45. The zero-order chi connectivity index (χ0) is 24.2. The highest BCUT2D eigenvalue weighted by Gasteiger charge is 2.12. The van der Waals surface area contributed by atoms with Gasteiger partial charge in [0.25, 0.3) is 0 Å². The topological polar surface area (TPSA) is 55.3 Å². The third-order valence-electron chi connectivity index (χ3n) is 6.57. The van der Waals surface area contributed by atoms with Crippen molar-refractivity contribution in [3.05, 3.63) is 94.5 Å². The molecule has 0 aliphatic carbocycles. The van der Waals surface area contributed by atoms with E-state index in [0.29, 0.717) is 0 Å². The molecule has 0 atom stereocenters. The number of rotatable bonds is 8. The summed E-state index contributed by atoms with van der Waals surface area (Å²) in [5.74, 6) is 2.02. The van der Waals surface area contributed by atoms with Crippen molar-refractivity contribution in [2.45, 2.75) is 20.0 Å². The summed E-state index contributed by atoms with van der Waals surface area (Å²) < 4.78 is 0. The molecule has 2 N–H and O–H groups in total. The lowest BCUT2D eigenvalue weighted by atomic mass is 10.1. The molecular weight excluding hydrogens is 432 g/mol. The van der Waals surface area contributed by atoms with E-state index < -0.39 is 0 Å². The van der Waals surface area contributed by atoms with Crippen LogP contribution >= 0.6 is 0 Å². The molecule has 2 aliphatic heterocycles. The Labute approximate surface area is 208 Å². The zero-order valence-electron chi connectivity index (χ0n) is 20.9. The van der Waals surface area contributed by atoms with Gasteiger partial charge in [0.2, 0.25) is 0 Å². The molecule has 2 aliphatic rings. The summed E-state index contributed by atoms with van der Waals surface area (Å²) >= 11 is 0. The molecule has 0 radical (unpaired) electrons.